The predicted molar refractivity (Wildman–Crippen MR) is 105 cm³/mol. The summed E-state index contributed by atoms with van der Waals surface area (Å²) in [6, 6.07) is 21.4. The number of hydrogen-bond donors (Lipinski definition) is 1. The van der Waals surface area contributed by atoms with E-state index >= 15 is 0 Å². The second-order valence-corrected chi connectivity index (χ2v) is 6.13. The molecule has 0 fully saturated rings. The van der Waals surface area contributed by atoms with Crippen LogP contribution >= 0.6 is 0 Å². The molecule has 0 atom stereocenters. The molecule has 0 spiro atoms. The van der Waals surface area contributed by atoms with E-state index in [0.717, 1.165) is 22.5 Å². The molecule has 5 heteroatoms. The SMILES string of the molecule is COc1ccc(-c2ccccc2)cc1C(=O)NCc1ncc2ccccn12. The van der Waals surface area contributed by atoms with Gasteiger partial charge in [-0.25, -0.2) is 4.98 Å². The minimum Gasteiger partial charge on any atom is -0.496 e. The van der Waals surface area contributed by atoms with Crippen molar-refractivity contribution in [3.05, 3.63) is 90.5 Å². The Morgan fingerprint density at radius 3 is 2.67 bits per heavy atom. The molecule has 1 N–H and O–H groups in total. The molecule has 4 aromatic rings. The Hall–Kier alpha value is -3.60. The standard InChI is InChI=1S/C22H19N3O2/c1-27-20-11-10-17(16-7-3-2-4-8-16)13-19(20)22(26)24-15-21-23-14-18-9-5-6-12-25(18)21/h2-14H,15H2,1H3,(H,24,26). The van der Waals surface area contributed by atoms with Gasteiger partial charge in [0.1, 0.15) is 11.6 Å². The van der Waals surface area contributed by atoms with Crippen molar-refractivity contribution < 1.29 is 9.53 Å². The van der Waals surface area contributed by atoms with Gasteiger partial charge < -0.3 is 14.5 Å². The third-order valence-corrected chi connectivity index (χ3v) is 4.47. The highest BCUT2D eigenvalue weighted by Gasteiger charge is 2.14. The van der Waals surface area contributed by atoms with Crippen LogP contribution in [-0.4, -0.2) is 22.4 Å². The van der Waals surface area contributed by atoms with E-state index in [1.54, 1.807) is 13.3 Å². The molecule has 2 aromatic carbocycles. The number of imidazole rings is 1. The summed E-state index contributed by atoms with van der Waals surface area (Å²) in [5.41, 5.74) is 3.51. The van der Waals surface area contributed by atoms with Gasteiger partial charge in [0.25, 0.3) is 5.91 Å². The lowest BCUT2D eigenvalue weighted by molar-refractivity contribution is 0.0947. The summed E-state index contributed by atoms with van der Waals surface area (Å²) in [4.78, 5) is 17.2. The number of fused-ring (bicyclic) bond motifs is 1. The topological polar surface area (TPSA) is 55.6 Å². The first-order chi connectivity index (χ1) is 13.3. The Morgan fingerprint density at radius 2 is 1.85 bits per heavy atom. The van der Waals surface area contributed by atoms with Crippen molar-refractivity contribution in [3.8, 4) is 16.9 Å². The summed E-state index contributed by atoms with van der Waals surface area (Å²) in [5.74, 6) is 1.12. The van der Waals surface area contributed by atoms with E-state index in [9.17, 15) is 4.79 Å². The molecule has 2 heterocycles. The summed E-state index contributed by atoms with van der Waals surface area (Å²) in [5, 5.41) is 2.94. The molecule has 0 saturated carbocycles. The number of nitrogens with one attached hydrogen (secondary N) is 1. The molecule has 0 radical (unpaired) electrons. The number of aromatic nitrogens is 2. The highest BCUT2D eigenvalue weighted by atomic mass is 16.5. The number of ether oxygens (including phenoxy) is 1. The quantitative estimate of drug-likeness (QED) is 0.589. The van der Waals surface area contributed by atoms with E-state index in [2.05, 4.69) is 10.3 Å². The fraction of sp³-hybridized carbons (Fsp3) is 0.0909. The van der Waals surface area contributed by atoms with Crippen LogP contribution < -0.4 is 10.1 Å². The lowest BCUT2D eigenvalue weighted by Crippen LogP contribution is -2.24. The zero-order valence-electron chi connectivity index (χ0n) is 14.9. The van der Waals surface area contributed by atoms with Gasteiger partial charge in [0, 0.05) is 6.20 Å². The zero-order chi connectivity index (χ0) is 18.6. The van der Waals surface area contributed by atoms with Crippen molar-refractivity contribution in [2.75, 3.05) is 7.11 Å². The summed E-state index contributed by atoms with van der Waals surface area (Å²) in [6.45, 7) is 0.329. The molecule has 0 aliphatic heterocycles. The fourth-order valence-corrected chi connectivity index (χ4v) is 3.08. The summed E-state index contributed by atoms with van der Waals surface area (Å²) in [6.07, 6.45) is 3.72. The molecule has 5 nitrogen and oxygen atoms in total. The molecule has 2 aromatic heterocycles. The van der Waals surface area contributed by atoms with E-state index in [1.165, 1.54) is 0 Å². The third kappa shape index (κ3) is 3.40. The summed E-state index contributed by atoms with van der Waals surface area (Å²) in [7, 11) is 1.57. The Kier molecular flexibility index (Phi) is 4.58. The second-order valence-electron chi connectivity index (χ2n) is 6.13. The van der Waals surface area contributed by atoms with Crippen molar-refractivity contribution >= 4 is 11.4 Å². The van der Waals surface area contributed by atoms with Crippen molar-refractivity contribution in [2.24, 2.45) is 0 Å². The van der Waals surface area contributed by atoms with Crippen molar-refractivity contribution in [2.45, 2.75) is 6.54 Å². The molecular formula is C22H19N3O2. The van der Waals surface area contributed by atoms with Crippen LogP contribution in [0.25, 0.3) is 16.6 Å². The van der Waals surface area contributed by atoms with Crippen LogP contribution in [0.3, 0.4) is 0 Å². The first kappa shape index (κ1) is 16.8. The van der Waals surface area contributed by atoms with Crippen molar-refractivity contribution in [3.63, 3.8) is 0 Å². The Balaban J connectivity index is 1.59. The number of benzene rings is 2. The van der Waals surface area contributed by atoms with Gasteiger partial charge in [-0.15, -0.1) is 0 Å². The maximum Gasteiger partial charge on any atom is 0.255 e. The Bertz CT molecular complexity index is 1090. The van der Waals surface area contributed by atoms with Gasteiger partial charge >= 0.3 is 0 Å². The Labute approximate surface area is 157 Å². The highest BCUT2D eigenvalue weighted by molar-refractivity contribution is 5.98. The Morgan fingerprint density at radius 1 is 1.04 bits per heavy atom. The fourth-order valence-electron chi connectivity index (χ4n) is 3.08. The molecule has 0 saturated heterocycles. The summed E-state index contributed by atoms with van der Waals surface area (Å²) < 4.78 is 7.34. The molecule has 0 unspecified atom stereocenters. The minimum absolute atomic E-state index is 0.197. The molecule has 4 rings (SSSR count). The number of pyridine rings is 1. The molecule has 134 valence electrons. The zero-order valence-corrected chi connectivity index (χ0v) is 14.9. The van der Waals surface area contributed by atoms with Crippen LogP contribution in [0.5, 0.6) is 5.75 Å². The van der Waals surface area contributed by atoms with E-state index in [-0.39, 0.29) is 5.91 Å². The molecule has 0 bridgehead atoms. The van der Waals surface area contributed by atoms with Gasteiger partial charge in [0.05, 0.1) is 30.9 Å². The largest absolute Gasteiger partial charge is 0.496 e. The number of amides is 1. The molecule has 0 aliphatic carbocycles. The van der Waals surface area contributed by atoms with Crippen LogP contribution in [0.2, 0.25) is 0 Å². The lowest BCUT2D eigenvalue weighted by Gasteiger charge is -2.11. The van der Waals surface area contributed by atoms with Crippen LogP contribution in [-0.2, 0) is 6.54 Å². The monoisotopic (exact) mass is 357 g/mol. The number of carbonyl (C=O) groups is 1. The number of nitrogens with zero attached hydrogens (tertiary/aromatic N) is 2. The average molecular weight is 357 g/mol. The van der Waals surface area contributed by atoms with Crippen LogP contribution in [0.15, 0.2) is 79.1 Å². The number of rotatable bonds is 5. The molecular weight excluding hydrogens is 338 g/mol. The van der Waals surface area contributed by atoms with E-state index in [4.69, 9.17) is 4.74 Å². The van der Waals surface area contributed by atoms with Gasteiger partial charge in [0.2, 0.25) is 0 Å². The summed E-state index contributed by atoms with van der Waals surface area (Å²) >= 11 is 0. The molecule has 27 heavy (non-hydrogen) atoms. The second kappa shape index (κ2) is 7.33. The number of carbonyl (C=O) groups excluding carboxylic acids is 1. The van der Waals surface area contributed by atoms with Gasteiger partial charge in [-0.05, 0) is 35.4 Å². The first-order valence-electron chi connectivity index (χ1n) is 8.69. The van der Waals surface area contributed by atoms with Crippen LogP contribution in [0.4, 0.5) is 0 Å². The van der Waals surface area contributed by atoms with Gasteiger partial charge in [0.15, 0.2) is 0 Å². The maximum atomic E-state index is 12.8. The number of methoxy groups -OCH3 is 1. The minimum atomic E-state index is -0.197. The van der Waals surface area contributed by atoms with E-state index in [0.29, 0.717) is 17.9 Å². The first-order valence-corrected chi connectivity index (χ1v) is 8.69. The van der Waals surface area contributed by atoms with Crippen molar-refractivity contribution in [1.29, 1.82) is 0 Å². The molecule has 0 aliphatic rings. The predicted octanol–water partition coefficient (Wildman–Crippen LogP) is 3.94. The lowest BCUT2D eigenvalue weighted by atomic mass is 10.0. The smallest absolute Gasteiger partial charge is 0.255 e. The molecule has 1 amide bonds. The normalized spacial score (nSPS) is 10.7. The van der Waals surface area contributed by atoms with Crippen LogP contribution in [0.1, 0.15) is 16.2 Å². The maximum absolute atomic E-state index is 12.8. The highest BCUT2D eigenvalue weighted by Crippen LogP contribution is 2.26. The van der Waals surface area contributed by atoms with Crippen molar-refractivity contribution in [1.82, 2.24) is 14.7 Å². The van der Waals surface area contributed by atoms with Gasteiger partial charge in [-0.1, -0.05) is 42.5 Å². The number of hydrogen-bond acceptors (Lipinski definition) is 3. The van der Waals surface area contributed by atoms with E-state index in [1.807, 2.05) is 77.3 Å². The van der Waals surface area contributed by atoms with Crippen LogP contribution in [0, 0.1) is 0 Å². The average Bonchev–Trinajstić information content (AvgIpc) is 3.15. The van der Waals surface area contributed by atoms with E-state index < -0.39 is 0 Å². The third-order valence-electron chi connectivity index (χ3n) is 4.47. The van der Waals surface area contributed by atoms with Gasteiger partial charge in [-0.3, -0.25) is 4.79 Å². The van der Waals surface area contributed by atoms with Gasteiger partial charge in [-0.2, -0.15) is 0 Å².